The van der Waals surface area contributed by atoms with Gasteiger partial charge in [-0.2, -0.15) is 5.10 Å². The fraction of sp³-hybridized carbons (Fsp3) is 0.423. The van der Waals surface area contributed by atoms with Crippen LogP contribution in [-0.2, 0) is 4.79 Å². The number of carbonyl (C=O) groups excluding carboxylic acids is 2. The summed E-state index contributed by atoms with van der Waals surface area (Å²) in [5.74, 6) is 0.762. The number of unbranched alkanes of at least 4 members (excludes halogenated alkanes) is 1. The smallest absolute Gasteiger partial charge is 0.262 e. The van der Waals surface area contributed by atoms with Gasteiger partial charge in [0.25, 0.3) is 11.8 Å². The predicted molar refractivity (Wildman–Crippen MR) is 136 cm³/mol. The molecule has 1 unspecified atom stereocenters. The molecule has 1 atom stereocenters. The second kappa shape index (κ2) is 14.3. The van der Waals surface area contributed by atoms with Crippen LogP contribution in [0.2, 0.25) is 5.02 Å². The lowest BCUT2D eigenvalue weighted by Crippen LogP contribution is -2.46. The molecule has 2 aromatic carbocycles. The highest BCUT2D eigenvalue weighted by Gasteiger charge is 2.22. The van der Waals surface area contributed by atoms with Gasteiger partial charge in [0.1, 0.15) is 6.04 Å². The number of rotatable bonds is 13. The van der Waals surface area contributed by atoms with Crippen LogP contribution in [0.25, 0.3) is 0 Å². The van der Waals surface area contributed by atoms with Gasteiger partial charge in [-0.3, -0.25) is 9.59 Å². The van der Waals surface area contributed by atoms with Gasteiger partial charge in [-0.05, 0) is 73.7 Å². The number of ether oxygens (including phenoxy) is 2. The van der Waals surface area contributed by atoms with Gasteiger partial charge in [0.15, 0.2) is 11.5 Å². The van der Waals surface area contributed by atoms with Gasteiger partial charge in [0, 0.05) is 10.6 Å². The molecule has 0 aliphatic carbocycles. The molecule has 8 heteroatoms. The van der Waals surface area contributed by atoms with Crippen LogP contribution in [0, 0.1) is 5.92 Å². The summed E-state index contributed by atoms with van der Waals surface area (Å²) in [7, 11) is 0. The molecule has 0 aliphatic heterocycles. The van der Waals surface area contributed by atoms with Gasteiger partial charge in [0.05, 0.1) is 19.4 Å². The number of halogens is 1. The summed E-state index contributed by atoms with van der Waals surface area (Å²) in [6.45, 7) is 9.11. The second-order valence-electron chi connectivity index (χ2n) is 8.24. The molecule has 0 heterocycles. The van der Waals surface area contributed by atoms with E-state index in [4.69, 9.17) is 21.1 Å². The van der Waals surface area contributed by atoms with Crippen molar-refractivity contribution in [1.82, 2.24) is 10.7 Å². The Morgan fingerprint density at radius 3 is 2.44 bits per heavy atom. The maximum atomic E-state index is 12.8. The molecular formula is C26H34ClN3O4. The number of hydrogen-bond acceptors (Lipinski definition) is 5. The van der Waals surface area contributed by atoms with Crippen molar-refractivity contribution in [3.63, 3.8) is 0 Å². The van der Waals surface area contributed by atoms with Gasteiger partial charge < -0.3 is 14.8 Å². The highest BCUT2D eigenvalue weighted by molar-refractivity contribution is 6.30. The van der Waals surface area contributed by atoms with Crippen LogP contribution in [0.5, 0.6) is 11.5 Å². The molecule has 0 aromatic heterocycles. The Morgan fingerprint density at radius 2 is 1.79 bits per heavy atom. The van der Waals surface area contributed by atoms with Crippen LogP contribution < -0.4 is 20.2 Å². The van der Waals surface area contributed by atoms with E-state index in [1.54, 1.807) is 24.3 Å². The lowest BCUT2D eigenvalue weighted by Gasteiger charge is -2.19. The molecule has 2 rings (SSSR count). The first-order valence-corrected chi connectivity index (χ1v) is 12.0. The van der Waals surface area contributed by atoms with Crippen molar-refractivity contribution < 1.29 is 19.1 Å². The summed E-state index contributed by atoms with van der Waals surface area (Å²) in [5.41, 5.74) is 3.71. The van der Waals surface area contributed by atoms with Gasteiger partial charge >= 0.3 is 0 Å². The Bertz CT molecular complexity index is 961. The second-order valence-corrected chi connectivity index (χ2v) is 8.67. The van der Waals surface area contributed by atoms with E-state index in [-0.39, 0.29) is 11.8 Å². The van der Waals surface area contributed by atoms with Crippen molar-refractivity contribution in [1.29, 1.82) is 0 Å². The molecule has 184 valence electrons. The van der Waals surface area contributed by atoms with E-state index in [2.05, 4.69) is 22.8 Å². The first kappa shape index (κ1) is 27.2. The normalized spacial score (nSPS) is 11.9. The van der Waals surface area contributed by atoms with Crippen LogP contribution in [0.4, 0.5) is 0 Å². The fourth-order valence-electron chi connectivity index (χ4n) is 3.11. The number of amides is 2. The summed E-state index contributed by atoms with van der Waals surface area (Å²) in [6, 6.07) is 11.3. The minimum absolute atomic E-state index is 0.194. The molecule has 0 bridgehead atoms. The number of hydrogen-bond donors (Lipinski definition) is 2. The van der Waals surface area contributed by atoms with Gasteiger partial charge in [-0.15, -0.1) is 0 Å². The van der Waals surface area contributed by atoms with Crippen molar-refractivity contribution in [3.8, 4) is 11.5 Å². The van der Waals surface area contributed by atoms with Crippen LogP contribution in [0.15, 0.2) is 47.6 Å². The van der Waals surface area contributed by atoms with Crippen molar-refractivity contribution >= 4 is 29.6 Å². The monoisotopic (exact) mass is 487 g/mol. The number of carbonyl (C=O) groups is 2. The highest BCUT2D eigenvalue weighted by atomic mass is 35.5. The number of nitrogens with zero attached hydrogens (tertiary/aromatic N) is 1. The molecule has 0 aliphatic rings. The number of benzene rings is 2. The predicted octanol–water partition coefficient (Wildman–Crippen LogP) is 5.21. The van der Waals surface area contributed by atoms with Crippen LogP contribution in [-0.4, -0.2) is 37.3 Å². The van der Waals surface area contributed by atoms with Crippen molar-refractivity contribution in [2.75, 3.05) is 13.2 Å². The molecule has 0 saturated carbocycles. The zero-order chi connectivity index (χ0) is 24.9. The summed E-state index contributed by atoms with van der Waals surface area (Å²) >= 11 is 5.89. The third-order valence-corrected chi connectivity index (χ3v) is 5.10. The molecule has 0 spiro atoms. The maximum Gasteiger partial charge on any atom is 0.262 e. The first-order chi connectivity index (χ1) is 16.3. The first-order valence-electron chi connectivity index (χ1n) is 11.6. The SMILES string of the molecule is CCCCOc1ccc(/C=N/NC(=O)C(CC(C)C)NC(=O)c2ccc(Cl)cc2)cc1OCC. The minimum Gasteiger partial charge on any atom is -0.490 e. The zero-order valence-electron chi connectivity index (χ0n) is 20.3. The number of nitrogens with one attached hydrogen (secondary N) is 2. The quantitative estimate of drug-likeness (QED) is 0.230. The summed E-state index contributed by atoms with van der Waals surface area (Å²) in [4.78, 5) is 25.3. The Labute approximate surface area is 206 Å². The van der Waals surface area contributed by atoms with Crippen molar-refractivity contribution in [2.45, 2.75) is 53.0 Å². The molecule has 34 heavy (non-hydrogen) atoms. The van der Waals surface area contributed by atoms with Crippen LogP contribution >= 0.6 is 11.6 Å². The molecule has 2 N–H and O–H groups in total. The van der Waals surface area contributed by atoms with E-state index in [1.165, 1.54) is 6.21 Å². The largest absolute Gasteiger partial charge is 0.490 e. The standard InChI is InChI=1S/C26H34ClN3O4/c1-5-7-14-34-23-13-8-19(16-24(23)33-6-2)17-28-30-26(32)22(15-18(3)4)29-25(31)20-9-11-21(27)12-10-20/h8-13,16-18,22H,5-7,14-15H2,1-4H3,(H,29,31)(H,30,32)/b28-17+. The summed E-state index contributed by atoms with van der Waals surface area (Å²) < 4.78 is 11.5. The van der Waals surface area contributed by atoms with Crippen molar-refractivity contribution in [3.05, 3.63) is 58.6 Å². The molecule has 2 aromatic rings. The summed E-state index contributed by atoms with van der Waals surface area (Å²) in [6.07, 6.45) is 4.02. The maximum absolute atomic E-state index is 12.8. The lowest BCUT2D eigenvalue weighted by atomic mass is 10.0. The zero-order valence-corrected chi connectivity index (χ0v) is 21.0. The van der Waals surface area contributed by atoms with Crippen LogP contribution in [0.3, 0.4) is 0 Å². The minimum atomic E-state index is -0.728. The van der Waals surface area contributed by atoms with E-state index in [1.807, 2.05) is 39.0 Å². The summed E-state index contributed by atoms with van der Waals surface area (Å²) in [5, 5.41) is 7.40. The molecule has 2 amide bonds. The van der Waals surface area contributed by atoms with E-state index >= 15 is 0 Å². The fourth-order valence-corrected chi connectivity index (χ4v) is 3.24. The molecular weight excluding hydrogens is 454 g/mol. The molecule has 0 fully saturated rings. The highest BCUT2D eigenvalue weighted by Crippen LogP contribution is 2.28. The lowest BCUT2D eigenvalue weighted by molar-refractivity contribution is -0.123. The Kier molecular flexibility index (Phi) is 11.4. The van der Waals surface area contributed by atoms with E-state index in [9.17, 15) is 9.59 Å². The third kappa shape index (κ3) is 9.06. The van der Waals surface area contributed by atoms with Gasteiger partial charge in [-0.1, -0.05) is 38.8 Å². The van der Waals surface area contributed by atoms with E-state index in [0.717, 1.165) is 18.4 Å². The van der Waals surface area contributed by atoms with Crippen molar-refractivity contribution in [2.24, 2.45) is 11.0 Å². The molecule has 7 nitrogen and oxygen atoms in total. The topological polar surface area (TPSA) is 89.0 Å². The van der Waals surface area contributed by atoms with Crippen LogP contribution in [0.1, 0.15) is 62.9 Å². The van der Waals surface area contributed by atoms with E-state index < -0.39 is 11.9 Å². The molecule has 0 radical (unpaired) electrons. The number of hydrazone groups is 1. The Balaban J connectivity index is 2.04. The average Bonchev–Trinajstić information content (AvgIpc) is 2.80. The van der Waals surface area contributed by atoms with E-state index in [0.29, 0.717) is 41.7 Å². The third-order valence-electron chi connectivity index (χ3n) is 4.85. The van der Waals surface area contributed by atoms with Gasteiger partial charge in [-0.25, -0.2) is 5.43 Å². The van der Waals surface area contributed by atoms with Gasteiger partial charge in [0.2, 0.25) is 0 Å². The molecule has 0 saturated heterocycles. The Morgan fingerprint density at radius 1 is 1.06 bits per heavy atom. The average molecular weight is 488 g/mol. The Hall–Kier alpha value is -3.06.